The van der Waals surface area contributed by atoms with Crippen molar-refractivity contribution in [2.24, 2.45) is 5.73 Å². The number of fused-ring (bicyclic) bond motifs is 1. The number of hydrogen-bond acceptors (Lipinski definition) is 7. The lowest BCUT2D eigenvalue weighted by Crippen LogP contribution is -2.29. The van der Waals surface area contributed by atoms with Crippen LogP contribution in [0.5, 0.6) is 0 Å². The predicted octanol–water partition coefficient (Wildman–Crippen LogP) is 1.66. The Bertz CT molecular complexity index is 1330. The molecule has 0 radical (unpaired) electrons. The number of amides is 2. The molecule has 10 nitrogen and oxygen atoms in total. The summed E-state index contributed by atoms with van der Waals surface area (Å²) in [5.41, 5.74) is 15.9. The van der Waals surface area contributed by atoms with E-state index in [1.54, 1.807) is 44.7 Å². The van der Waals surface area contributed by atoms with Crippen molar-refractivity contribution in [3.05, 3.63) is 60.2 Å². The molecule has 4 aromatic heterocycles. The summed E-state index contributed by atoms with van der Waals surface area (Å²) < 4.78 is 0. The Morgan fingerprint density at radius 2 is 1.88 bits per heavy atom. The third-order valence-corrected chi connectivity index (χ3v) is 5.13. The minimum atomic E-state index is -0.253. The van der Waals surface area contributed by atoms with Gasteiger partial charge in [0.15, 0.2) is 0 Å². The number of aromatic amines is 1. The second-order valence-electron chi connectivity index (χ2n) is 7.64. The summed E-state index contributed by atoms with van der Waals surface area (Å²) in [6.07, 6.45) is 4.84. The number of H-pyrrole nitrogens is 1. The van der Waals surface area contributed by atoms with Crippen LogP contribution in [-0.4, -0.2) is 63.8 Å². The SMILES string of the molecule is CN(C)C(=O)c1ccc(-c2cc(-c3ccnc4[nH]c(C(=O)NCCN)cc34)cnc2N)nc1. The quantitative estimate of drug-likeness (QED) is 0.352. The molecule has 0 aliphatic carbocycles. The van der Waals surface area contributed by atoms with Gasteiger partial charge in [0.1, 0.15) is 17.2 Å². The smallest absolute Gasteiger partial charge is 0.267 e. The molecule has 0 aromatic carbocycles. The summed E-state index contributed by atoms with van der Waals surface area (Å²) in [5.74, 6) is -0.0666. The average Bonchev–Trinajstić information content (AvgIpc) is 3.27. The largest absolute Gasteiger partial charge is 0.383 e. The van der Waals surface area contributed by atoms with E-state index in [2.05, 4.69) is 25.3 Å². The van der Waals surface area contributed by atoms with Crippen molar-refractivity contribution in [2.75, 3.05) is 32.9 Å². The number of carbonyl (C=O) groups is 2. The van der Waals surface area contributed by atoms with Crippen molar-refractivity contribution >= 4 is 28.7 Å². The number of aromatic nitrogens is 4. The van der Waals surface area contributed by atoms with Gasteiger partial charge in [0, 0.05) is 62.3 Å². The van der Waals surface area contributed by atoms with E-state index in [0.717, 1.165) is 16.5 Å². The highest BCUT2D eigenvalue weighted by Gasteiger charge is 2.16. The number of anilines is 1. The monoisotopic (exact) mass is 444 g/mol. The Hall–Kier alpha value is -4.31. The number of carbonyl (C=O) groups excluding carboxylic acids is 2. The first-order valence-electron chi connectivity index (χ1n) is 10.3. The zero-order valence-electron chi connectivity index (χ0n) is 18.3. The molecule has 4 aromatic rings. The fourth-order valence-corrected chi connectivity index (χ4v) is 3.45. The van der Waals surface area contributed by atoms with E-state index < -0.39 is 0 Å². The molecule has 10 heteroatoms. The summed E-state index contributed by atoms with van der Waals surface area (Å²) in [6, 6.07) is 8.93. The molecular formula is C23H24N8O2. The van der Waals surface area contributed by atoms with Gasteiger partial charge in [-0.25, -0.2) is 9.97 Å². The maximum atomic E-state index is 12.3. The molecule has 4 heterocycles. The molecule has 4 rings (SSSR count). The Kier molecular flexibility index (Phi) is 6.01. The third kappa shape index (κ3) is 4.37. The molecule has 0 saturated carbocycles. The molecule has 0 unspecified atom stereocenters. The molecule has 2 amide bonds. The maximum absolute atomic E-state index is 12.3. The van der Waals surface area contributed by atoms with Crippen LogP contribution in [0, 0.1) is 0 Å². The van der Waals surface area contributed by atoms with Gasteiger partial charge in [-0.1, -0.05) is 0 Å². The fourth-order valence-electron chi connectivity index (χ4n) is 3.45. The van der Waals surface area contributed by atoms with Crippen molar-refractivity contribution in [1.29, 1.82) is 0 Å². The first kappa shape index (κ1) is 21.9. The lowest BCUT2D eigenvalue weighted by Gasteiger charge is -2.11. The van der Waals surface area contributed by atoms with Gasteiger partial charge in [-0.05, 0) is 35.9 Å². The fraction of sp³-hybridized carbons (Fsp3) is 0.174. The van der Waals surface area contributed by atoms with Crippen LogP contribution in [0.3, 0.4) is 0 Å². The van der Waals surface area contributed by atoms with Crippen LogP contribution >= 0.6 is 0 Å². The lowest BCUT2D eigenvalue weighted by atomic mass is 10.0. The van der Waals surface area contributed by atoms with Crippen molar-refractivity contribution in [3.8, 4) is 22.4 Å². The highest BCUT2D eigenvalue weighted by atomic mass is 16.2. The molecule has 168 valence electrons. The minimum Gasteiger partial charge on any atom is -0.383 e. The Balaban J connectivity index is 1.73. The Morgan fingerprint density at radius 1 is 1.06 bits per heavy atom. The van der Waals surface area contributed by atoms with Crippen molar-refractivity contribution in [3.63, 3.8) is 0 Å². The van der Waals surface area contributed by atoms with Gasteiger partial charge in [0.25, 0.3) is 11.8 Å². The number of nitrogens with two attached hydrogens (primary N) is 2. The van der Waals surface area contributed by atoms with Crippen molar-refractivity contribution in [1.82, 2.24) is 30.2 Å². The van der Waals surface area contributed by atoms with E-state index in [-0.39, 0.29) is 11.8 Å². The summed E-state index contributed by atoms with van der Waals surface area (Å²) in [4.78, 5) is 42.1. The molecule has 0 fully saturated rings. The molecule has 0 spiro atoms. The lowest BCUT2D eigenvalue weighted by molar-refractivity contribution is 0.0827. The summed E-state index contributed by atoms with van der Waals surface area (Å²) in [5, 5.41) is 3.51. The van der Waals surface area contributed by atoms with Crippen LogP contribution in [-0.2, 0) is 0 Å². The van der Waals surface area contributed by atoms with Crippen molar-refractivity contribution in [2.45, 2.75) is 0 Å². The third-order valence-electron chi connectivity index (χ3n) is 5.13. The van der Waals surface area contributed by atoms with E-state index in [9.17, 15) is 9.59 Å². The van der Waals surface area contributed by atoms with Gasteiger partial charge >= 0.3 is 0 Å². The topological polar surface area (TPSA) is 156 Å². The number of pyridine rings is 3. The number of nitrogens with zero attached hydrogens (tertiary/aromatic N) is 4. The number of rotatable bonds is 6. The van der Waals surface area contributed by atoms with Gasteiger partial charge in [-0.3, -0.25) is 14.6 Å². The van der Waals surface area contributed by atoms with E-state index >= 15 is 0 Å². The molecule has 33 heavy (non-hydrogen) atoms. The van der Waals surface area contributed by atoms with Crippen LogP contribution in [0.4, 0.5) is 5.82 Å². The normalized spacial score (nSPS) is 10.9. The predicted molar refractivity (Wildman–Crippen MR) is 126 cm³/mol. The van der Waals surface area contributed by atoms with Gasteiger partial charge in [-0.2, -0.15) is 0 Å². The summed E-state index contributed by atoms with van der Waals surface area (Å²) >= 11 is 0. The summed E-state index contributed by atoms with van der Waals surface area (Å²) in [7, 11) is 3.37. The molecular weight excluding hydrogens is 420 g/mol. The van der Waals surface area contributed by atoms with Gasteiger partial charge < -0.3 is 26.7 Å². The number of hydrogen-bond donors (Lipinski definition) is 4. The molecule has 0 aliphatic rings. The average molecular weight is 444 g/mol. The van der Waals surface area contributed by atoms with E-state index in [1.165, 1.54) is 11.1 Å². The Labute approximate surface area is 190 Å². The molecule has 0 aliphatic heterocycles. The van der Waals surface area contributed by atoms with Crippen LogP contribution < -0.4 is 16.8 Å². The van der Waals surface area contributed by atoms with Crippen LogP contribution in [0.2, 0.25) is 0 Å². The second-order valence-corrected chi connectivity index (χ2v) is 7.64. The molecule has 0 saturated heterocycles. The van der Waals surface area contributed by atoms with Crippen LogP contribution in [0.1, 0.15) is 20.8 Å². The van der Waals surface area contributed by atoms with E-state index in [4.69, 9.17) is 11.5 Å². The number of nitrogens with one attached hydrogen (secondary N) is 2. The van der Waals surface area contributed by atoms with Crippen LogP contribution in [0.25, 0.3) is 33.4 Å². The first-order valence-corrected chi connectivity index (χ1v) is 10.3. The second kappa shape index (κ2) is 9.05. The van der Waals surface area contributed by atoms with Gasteiger partial charge in [0.05, 0.1) is 11.3 Å². The molecule has 6 N–H and O–H groups in total. The highest BCUT2D eigenvalue weighted by molar-refractivity contribution is 6.02. The Morgan fingerprint density at radius 3 is 2.58 bits per heavy atom. The molecule has 0 bridgehead atoms. The maximum Gasteiger partial charge on any atom is 0.267 e. The standard InChI is InChI=1S/C23H24N8O2/c1-31(2)23(33)13-3-4-18(28-11-13)17-9-14(12-29-20(17)25)15-5-7-26-21-16(15)10-19(30-21)22(32)27-8-6-24/h3-5,7,9-12H,6,8,24H2,1-2H3,(H2,25,29)(H,26,30)(H,27,32). The minimum absolute atomic E-state index is 0.133. The zero-order chi connectivity index (χ0) is 23.5. The van der Waals surface area contributed by atoms with E-state index in [1.807, 2.05) is 12.1 Å². The molecule has 0 atom stereocenters. The zero-order valence-corrected chi connectivity index (χ0v) is 18.3. The first-order chi connectivity index (χ1) is 15.9. The number of nitrogen functional groups attached to an aromatic ring is 1. The summed E-state index contributed by atoms with van der Waals surface area (Å²) in [6.45, 7) is 0.735. The van der Waals surface area contributed by atoms with E-state index in [0.29, 0.717) is 47.1 Å². The van der Waals surface area contributed by atoms with Crippen LogP contribution in [0.15, 0.2) is 48.9 Å². The van der Waals surface area contributed by atoms with Crippen molar-refractivity contribution < 1.29 is 9.59 Å². The van der Waals surface area contributed by atoms with Gasteiger partial charge in [0.2, 0.25) is 0 Å². The highest BCUT2D eigenvalue weighted by Crippen LogP contribution is 2.32. The van der Waals surface area contributed by atoms with Gasteiger partial charge in [-0.15, -0.1) is 0 Å².